The van der Waals surface area contributed by atoms with Gasteiger partial charge in [0.05, 0.1) is 24.2 Å². The molecule has 5 fully saturated rings. The van der Waals surface area contributed by atoms with E-state index in [4.69, 9.17) is 28.5 Å². The minimum atomic E-state index is -0.213. The van der Waals surface area contributed by atoms with Crippen LogP contribution in [0, 0.1) is 13.8 Å². The van der Waals surface area contributed by atoms with Crippen LogP contribution in [0.3, 0.4) is 0 Å². The van der Waals surface area contributed by atoms with Gasteiger partial charge in [0.2, 0.25) is 17.8 Å². The van der Waals surface area contributed by atoms with E-state index in [2.05, 4.69) is 73.8 Å². The molecule has 0 saturated carbocycles. The van der Waals surface area contributed by atoms with Gasteiger partial charge in [-0.3, -0.25) is 43.5 Å². The molecule has 112 heavy (non-hydrogen) atoms. The van der Waals surface area contributed by atoms with Gasteiger partial charge in [0.1, 0.15) is 24.6 Å². The van der Waals surface area contributed by atoms with E-state index in [-0.39, 0.29) is 27.8 Å². The Labute approximate surface area is 664 Å². The van der Waals surface area contributed by atoms with E-state index >= 15 is 0 Å². The molecule has 3 N–H and O–H groups in total. The fourth-order valence-electron chi connectivity index (χ4n) is 14.4. The fourth-order valence-corrected chi connectivity index (χ4v) is 18.9. The molecule has 0 aliphatic carbocycles. The standard InChI is InChI=1S/C17H19N5O2.C17H17N3OS.2C17H16N2O2S.C16H15N3OS2/c1-11-3-5-13(6-4-11)22-12(2)18-14-15(22)19-17(20-16(14)23)21-7-9-24-10-8-21;21-16-15-14(13(11-22-15)12-7-3-1-4-8-12)18-17(19-16)20-9-5-2-6-10-20;2*20-16-15-14(13(11-22-15)12-7-3-1-4-8-12)21-17(18-16)19-9-5-2-6-10-19;20-15-14-13(12(10-22-14)11-4-2-1-3-5-11)17-16(18-15)19-6-8-21-9-7-19/h3-6H,7-10H2,1-2H3,(H,19,20,23);1,3-4,7-8,11H,2,5-6,9-10H2,(H,18,19,21);2*1,3-4,7-8,11H,2,5-6,9-10H2;1-5,10H,6-9H2,(H,17,18,20). The number of aromatic amines is 3. The molecule has 5 saturated heterocycles. The Balaban J connectivity index is 0.000000106. The van der Waals surface area contributed by atoms with Crippen LogP contribution < -0.4 is 52.3 Å². The second kappa shape index (κ2) is 34.8. The Morgan fingerprint density at radius 3 is 1.18 bits per heavy atom. The lowest BCUT2D eigenvalue weighted by atomic mass is 10.1. The molecule has 0 atom stereocenters. The predicted octanol–water partition coefficient (Wildman–Crippen LogP) is 16.2. The second-order valence-electron chi connectivity index (χ2n) is 27.8. The zero-order valence-electron chi connectivity index (χ0n) is 62.1. The molecule has 15 aromatic rings. The largest absolute Gasteiger partial charge is 0.423 e. The highest BCUT2D eigenvalue weighted by atomic mass is 32.2. The molecule has 5 aliphatic heterocycles. The highest BCUT2D eigenvalue weighted by molar-refractivity contribution is 7.99. The van der Waals surface area contributed by atoms with Crippen LogP contribution in [0.2, 0.25) is 0 Å². The molecule has 0 bridgehead atoms. The van der Waals surface area contributed by atoms with Gasteiger partial charge in [0.25, 0.3) is 27.8 Å². The van der Waals surface area contributed by atoms with E-state index in [1.807, 2.05) is 178 Å². The predicted molar refractivity (Wildman–Crippen MR) is 458 cm³/mol. The van der Waals surface area contributed by atoms with Gasteiger partial charge in [-0.2, -0.15) is 26.7 Å². The van der Waals surface area contributed by atoms with Crippen LogP contribution in [0.4, 0.5) is 29.9 Å². The number of imidazole rings is 1. The summed E-state index contributed by atoms with van der Waals surface area (Å²) in [7, 11) is 0. The van der Waals surface area contributed by atoms with Crippen molar-refractivity contribution < 1.29 is 13.6 Å². The summed E-state index contributed by atoms with van der Waals surface area (Å²) in [5.74, 6) is 4.89. The van der Waals surface area contributed by atoms with Gasteiger partial charge in [-0.1, -0.05) is 139 Å². The first-order valence-electron chi connectivity index (χ1n) is 38.0. The maximum Gasteiger partial charge on any atom is 0.301 e. The topological polar surface area (TPSA) is 267 Å². The van der Waals surface area contributed by atoms with Crippen LogP contribution in [0.1, 0.15) is 69.2 Å². The average molecular weight is 1590 g/mol. The SMILES string of the molecule is Cc1ccc(-n2c(C)nc3c(=O)[nH]c(N4CCOCC4)nc32)cc1.O=c1[nH]c(N2CCCCC2)nc2c(-c3ccccc3)csc12.O=c1[nH]c(N2CCSCC2)nc2c(-c3ccccc3)csc12.O=c1nc(N2CCCCC2)oc2c(-c3ccccc3)csc12.O=c1nc(N2CCCCC2)oc2c(-c3ccccc3)csc12. The molecular weight excluding hydrogens is 1510 g/mol. The molecule has 0 radical (unpaired) electrons. The number of thiophene rings is 4. The third kappa shape index (κ3) is 16.7. The number of aromatic nitrogens is 10. The van der Waals surface area contributed by atoms with Gasteiger partial charge in [-0.15, -0.1) is 45.3 Å². The van der Waals surface area contributed by atoms with Crippen LogP contribution in [0.5, 0.6) is 0 Å². The lowest BCUT2D eigenvalue weighted by Crippen LogP contribution is -2.38. The molecule has 15 heterocycles. The van der Waals surface area contributed by atoms with E-state index in [9.17, 15) is 24.0 Å². The Morgan fingerprint density at radius 2 is 0.732 bits per heavy atom. The summed E-state index contributed by atoms with van der Waals surface area (Å²) in [6.45, 7) is 14.1. The number of rotatable bonds is 10. The smallest absolute Gasteiger partial charge is 0.301 e. The van der Waals surface area contributed by atoms with E-state index in [1.165, 1.54) is 70.2 Å². The number of ether oxygens (including phenoxy) is 1. The van der Waals surface area contributed by atoms with Crippen LogP contribution in [-0.4, -0.2) is 140 Å². The first-order valence-corrected chi connectivity index (χ1v) is 42.7. The van der Waals surface area contributed by atoms with Gasteiger partial charge in [-0.05, 0) is 106 Å². The Bertz CT molecular complexity index is 5470. The Hall–Kier alpha value is -10.9. The van der Waals surface area contributed by atoms with Crippen LogP contribution >= 0.6 is 57.1 Å². The lowest BCUT2D eigenvalue weighted by molar-refractivity contribution is 0.122. The summed E-state index contributed by atoms with van der Waals surface area (Å²) >= 11 is 7.68. The minimum Gasteiger partial charge on any atom is -0.423 e. The number of aryl methyl sites for hydroxylation is 2. The van der Waals surface area contributed by atoms with Crippen molar-refractivity contribution in [2.75, 3.05) is 115 Å². The van der Waals surface area contributed by atoms with Crippen molar-refractivity contribution >= 4 is 139 Å². The van der Waals surface area contributed by atoms with Crippen molar-refractivity contribution in [3.8, 4) is 50.2 Å². The summed E-state index contributed by atoms with van der Waals surface area (Å²) in [5, 5.41) is 8.01. The number of nitrogens with one attached hydrogen (secondary N) is 3. The number of nitrogens with zero attached hydrogens (tertiary/aromatic N) is 12. The number of anilines is 5. The van der Waals surface area contributed by atoms with Gasteiger partial charge in [0, 0.05) is 126 Å². The van der Waals surface area contributed by atoms with E-state index in [1.54, 1.807) is 0 Å². The van der Waals surface area contributed by atoms with Crippen molar-refractivity contribution in [1.82, 2.24) is 49.4 Å². The highest BCUT2D eigenvalue weighted by Crippen LogP contribution is 2.38. The normalized spacial score (nSPS) is 15.3. The number of hydrogen-bond acceptors (Lipinski definition) is 24. The summed E-state index contributed by atoms with van der Waals surface area (Å²) < 4.78 is 22.0. The van der Waals surface area contributed by atoms with Gasteiger partial charge < -0.3 is 38.1 Å². The summed E-state index contributed by atoms with van der Waals surface area (Å²) in [6.07, 6.45) is 10.5. The van der Waals surface area contributed by atoms with Crippen LogP contribution in [0.25, 0.3) is 102 Å². The van der Waals surface area contributed by atoms with Crippen molar-refractivity contribution in [1.29, 1.82) is 0 Å². The molecular formula is C84H83N15O8S5. The number of H-pyrrole nitrogens is 3. The van der Waals surface area contributed by atoms with E-state index in [0.717, 1.165) is 169 Å². The molecule has 10 aromatic heterocycles. The monoisotopic (exact) mass is 1590 g/mol. The maximum atomic E-state index is 12.5. The summed E-state index contributed by atoms with van der Waals surface area (Å²) in [5.41, 5.74) is 13.8. The van der Waals surface area contributed by atoms with E-state index < -0.39 is 0 Å². The number of hydrogen-bond donors (Lipinski definition) is 3. The Morgan fingerprint density at radius 1 is 0.357 bits per heavy atom. The fraction of sp³-hybridized carbons (Fsp3) is 0.298. The van der Waals surface area contributed by atoms with E-state index in [0.29, 0.717) is 97.3 Å². The molecule has 0 unspecified atom stereocenters. The maximum absolute atomic E-state index is 12.5. The highest BCUT2D eigenvalue weighted by Gasteiger charge is 2.26. The second-order valence-corrected chi connectivity index (χ2v) is 32.6. The van der Waals surface area contributed by atoms with Crippen molar-refractivity contribution in [2.24, 2.45) is 0 Å². The number of piperidine rings is 3. The summed E-state index contributed by atoms with van der Waals surface area (Å²) in [6, 6.07) is 49.3. The lowest BCUT2D eigenvalue weighted by Gasteiger charge is -2.27. The van der Waals surface area contributed by atoms with Gasteiger partial charge in [0.15, 0.2) is 22.3 Å². The van der Waals surface area contributed by atoms with Gasteiger partial charge >= 0.3 is 12.0 Å². The van der Waals surface area contributed by atoms with Gasteiger partial charge in [-0.25, -0.2) is 15.0 Å². The molecule has 572 valence electrons. The summed E-state index contributed by atoms with van der Waals surface area (Å²) in [4.78, 5) is 108. The number of thioether (sulfide) groups is 1. The minimum absolute atomic E-state index is 0.0299. The molecule has 23 nitrogen and oxygen atoms in total. The molecule has 28 heteroatoms. The first-order chi connectivity index (χ1) is 54.9. The number of benzene rings is 5. The third-order valence-electron chi connectivity index (χ3n) is 20.3. The van der Waals surface area contributed by atoms with Crippen molar-refractivity contribution in [3.05, 3.63) is 230 Å². The van der Waals surface area contributed by atoms with Crippen LogP contribution in [0.15, 0.2) is 200 Å². The molecule has 20 rings (SSSR count). The number of morpholine rings is 1. The van der Waals surface area contributed by atoms with Crippen molar-refractivity contribution in [2.45, 2.75) is 71.6 Å². The first kappa shape index (κ1) is 75.2. The zero-order valence-corrected chi connectivity index (χ0v) is 66.2. The molecule has 0 spiro atoms. The number of fused-ring (bicyclic) bond motifs is 5. The molecule has 0 amide bonds. The third-order valence-corrected chi connectivity index (χ3v) is 25.1. The molecule has 5 aromatic carbocycles. The van der Waals surface area contributed by atoms with Crippen molar-refractivity contribution in [3.63, 3.8) is 0 Å². The van der Waals surface area contributed by atoms with Crippen LogP contribution in [-0.2, 0) is 4.74 Å². The zero-order chi connectivity index (χ0) is 76.4. The molecule has 5 aliphatic rings. The average Bonchev–Trinajstić information content (AvgIpc) is 1.63. The Kier molecular flexibility index (Phi) is 23.4. The quantitative estimate of drug-likeness (QED) is 0.115.